The maximum absolute atomic E-state index is 11.4. The van der Waals surface area contributed by atoms with Gasteiger partial charge in [0, 0.05) is 0 Å². The van der Waals surface area contributed by atoms with Gasteiger partial charge in [-0.25, -0.2) is 4.57 Å². The summed E-state index contributed by atoms with van der Waals surface area (Å²) in [7, 11) is -4.42. The lowest BCUT2D eigenvalue weighted by atomic mass is 9.44. The Morgan fingerprint density at radius 1 is 1.03 bits per heavy atom. The number of phosphoric acid groups is 1. The second-order valence-electron chi connectivity index (χ2n) is 13.4. The van der Waals surface area contributed by atoms with Crippen LogP contribution < -0.4 is 0 Å². The van der Waals surface area contributed by atoms with E-state index >= 15 is 0 Å². The topological polar surface area (TPSA) is 66.8 Å². The number of phosphoric ester groups is 1. The fourth-order valence-corrected chi connectivity index (χ4v) is 9.74. The quantitative estimate of drug-likeness (QED) is 0.287. The van der Waals surface area contributed by atoms with Gasteiger partial charge < -0.3 is 9.79 Å². The molecule has 5 heteroatoms. The van der Waals surface area contributed by atoms with Crippen LogP contribution in [0.25, 0.3) is 0 Å². The van der Waals surface area contributed by atoms with Crippen molar-refractivity contribution < 1.29 is 18.9 Å². The molecule has 0 bridgehead atoms. The van der Waals surface area contributed by atoms with E-state index in [-0.39, 0.29) is 11.5 Å². The molecule has 0 aromatic heterocycles. The zero-order valence-electron chi connectivity index (χ0n) is 22.0. The number of hydrogen-bond donors (Lipinski definition) is 2. The lowest BCUT2D eigenvalue weighted by molar-refractivity contribution is -0.0887. The molecule has 3 fully saturated rings. The fraction of sp³-hybridized carbons (Fsp3) is 0.929. The van der Waals surface area contributed by atoms with Gasteiger partial charge in [0.2, 0.25) is 0 Å². The van der Waals surface area contributed by atoms with Gasteiger partial charge in [-0.2, -0.15) is 0 Å². The minimum absolute atomic E-state index is 0.181. The smallest absolute Gasteiger partial charge is 0.303 e. The first-order chi connectivity index (χ1) is 15.3. The van der Waals surface area contributed by atoms with E-state index in [2.05, 4.69) is 47.6 Å². The third-order valence-electron chi connectivity index (χ3n) is 11.5. The van der Waals surface area contributed by atoms with Gasteiger partial charge in [-0.3, -0.25) is 4.52 Å². The third-order valence-corrected chi connectivity index (χ3v) is 12.1. The highest BCUT2D eigenvalue weighted by atomic mass is 31.2. The number of hydrogen-bond acceptors (Lipinski definition) is 2. The van der Waals surface area contributed by atoms with Gasteiger partial charge in [0.25, 0.3) is 0 Å². The number of allylic oxidation sites excluding steroid dienone is 1. The highest BCUT2D eigenvalue weighted by molar-refractivity contribution is 7.46. The van der Waals surface area contributed by atoms with Crippen LogP contribution in [0.5, 0.6) is 0 Å². The van der Waals surface area contributed by atoms with Crippen molar-refractivity contribution in [2.45, 2.75) is 118 Å². The van der Waals surface area contributed by atoms with Crippen LogP contribution in [0.2, 0.25) is 0 Å². The van der Waals surface area contributed by atoms with Crippen molar-refractivity contribution in [3.8, 4) is 0 Å². The van der Waals surface area contributed by atoms with Crippen molar-refractivity contribution in [2.24, 2.45) is 45.8 Å². The van der Waals surface area contributed by atoms with Crippen LogP contribution >= 0.6 is 7.82 Å². The molecule has 8 atom stereocenters. The van der Waals surface area contributed by atoms with E-state index in [1.54, 1.807) is 0 Å². The van der Waals surface area contributed by atoms with Gasteiger partial charge in [0.1, 0.15) is 0 Å². The summed E-state index contributed by atoms with van der Waals surface area (Å²) >= 11 is 0. The summed E-state index contributed by atoms with van der Waals surface area (Å²) in [5.74, 6) is 3.88. The molecule has 0 radical (unpaired) electrons. The van der Waals surface area contributed by atoms with E-state index in [1.165, 1.54) is 50.5 Å². The molecule has 4 nitrogen and oxygen atoms in total. The molecule has 0 spiro atoms. The Kier molecular flexibility index (Phi) is 7.12. The summed E-state index contributed by atoms with van der Waals surface area (Å²) in [5.41, 5.74) is 2.48. The van der Waals surface area contributed by atoms with Gasteiger partial charge in [0.05, 0.1) is 6.10 Å². The Labute approximate surface area is 202 Å². The van der Waals surface area contributed by atoms with Crippen molar-refractivity contribution in [2.75, 3.05) is 0 Å². The van der Waals surface area contributed by atoms with Gasteiger partial charge in [-0.1, -0.05) is 72.5 Å². The van der Waals surface area contributed by atoms with E-state index in [1.807, 2.05) is 0 Å². The minimum atomic E-state index is -4.42. The molecule has 0 aromatic carbocycles. The first kappa shape index (κ1) is 25.9. The highest BCUT2D eigenvalue weighted by Gasteiger charge is 2.63. The van der Waals surface area contributed by atoms with Crippen LogP contribution in [0.1, 0.15) is 112 Å². The summed E-state index contributed by atoms with van der Waals surface area (Å²) in [5, 5.41) is 0. The van der Waals surface area contributed by atoms with Crippen molar-refractivity contribution in [3.05, 3.63) is 11.6 Å². The van der Waals surface area contributed by atoms with Gasteiger partial charge >= 0.3 is 7.82 Å². The van der Waals surface area contributed by atoms with E-state index in [4.69, 9.17) is 4.52 Å². The number of fused-ring (bicyclic) bond motifs is 5. The van der Waals surface area contributed by atoms with Crippen molar-refractivity contribution in [3.63, 3.8) is 0 Å². The largest absolute Gasteiger partial charge is 0.469 e. The molecule has 0 aliphatic heterocycles. The summed E-state index contributed by atoms with van der Waals surface area (Å²) in [6.07, 6.45) is 15.2. The molecule has 4 aliphatic rings. The summed E-state index contributed by atoms with van der Waals surface area (Å²) in [6.45, 7) is 15.0. The molecule has 0 unspecified atom stereocenters. The molecular weight excluding hydrogens is 431 g/mol. The second-order valence-corrected chi connectivity index (χ2v) is 14.6. The van der Waals surface area contributed by atoms with Gasteiger partial charge in [-0.15, -0.1) is 0 Å². The van der Waals surface area contributed by atoms with Crippen LogP contribution in [0, 0.1) is 45.8 Å². The molecule has 33 heavy (non-hydrogen) atoms. The Morgan fingerprint density at radius 3 is 2.39 bits per heavy atom. The van der Waals surface area contributed by atoms with Crippen molar-refractivity contribution in [1.82, 2.24) is 0 Å². The molecule has 4 aliphatic carbocycles. The molecule has 0 heterocycles. The van der Waals surface area contributed by atoms with Crippen molar-refractivity contribution >= 4 is 7.82 Å². The van der Waals surface area contributed by atoms with Crippen molar-refractivity contribution in [1.29, 1.82) is 0 Å². The standard InChI is InChI=1S/C28H49O4P/c1-19(2)8-7-9-20(3)27(5)16-14-25-23-11-10-21-18-22(32-33(29,30)31)12-15-26(21,4)24(23)13-17-28(25,27)6/h10,19-20,22-25H,7-9,11-18H2,1-6H3,(H2,29,30,31)/t20-,22-,23-,24+,25+,26+,27-,28+/m1/s1. The van der Waals surface area contributed by atoms with Gasteiger partial charge in [0.15, 0.2) is 0 Å². The SMILES string of the molecule is CC(C)CCC[C@@H](C)[C@@]1(C)CC[C@H]2[C@@H]3CC=C4C[C@H](OP(=O)(O)O)CC[C@]4(C)[C@H]3CC[C@@]21C. The first-order valence-electron chi connectivity index (χ1n) is 13.7. The summed E-state index contributed by atoms with van der Waals surface area (Å²) < 4.78 is 16.5. The predicted octanol–water partition coefficient (Wildman–Crippen LogP) is 7.90. The summed E-state index contributed by atoms with van der Waals surface area (Å²) in [4.78, 5) is 18.6. The molecule has 0 aromatic rings. The first-order valence-corrected chi connectivity index (χ1v) is 15.3. The molecule has 190 valence electrons. The number of rotatable bonds is 7. The van der Waals surface area contributed by atoms with Crippen LogP contribution in [0.15, 0.2) is 11.6 Å². The lowest BCUT2D eigenvalue weighted by Crippen LogP contribution is -2.53. The van der Waals surface area contributed by atoms with Crippen LogP contribution in [0.4, 0.5) is 0 Å². The Balaban J connectivity index is 1.51. The van der Waals surface area contributed by atoms with E-state index in [0.29, 0.717) is 23.2 Å². The molecule has 4 rings (SSSR count). The van der Waals surface area contributed by atoms with Crippen LogP contribution in [-0.4, -0.2) is 15.9 Å². The Morgan fingerprint density at radius 2 is 1.73 bits per heavy atom. The maximum atomic E-state index is 11.4. The minimum Gasteiger partial charge on any atom is -0.303 e. The predicted molar refractivity (Wildman–Crippen MR) is 135 cm³/mol. The van der Waals surface area contributed by atoms with Crippen LogP contribution in [0.3, 0.4) is 0 Å². The maximum Gasteiger partial charge on any atom is 0.469 e. The van der Waals surface area contributed by atoms with E-state index in [9.17, 15) is 14.4 Å². The van der Waals surface area contributed by atoms with E-state index in [0.717, 1.165) is 42.9 Å². The van der Waals surface area contributed by atoms with E-state index < -0.39 is 7.82 Å². The molecule has 2 N–H and O–H groups in total. The Bertz CT molecular complexity index is 802. The molecule has 3 saturated carbocycles. The van der Waals surface area contributed by atoms with Gasteiger partial charge in [-0.05, 0) is 97.2 Å². The average Bonchev–Trinajstić information content (AvgIpc) is 2.99. The highest BCUT2D eigenvalue weighted by Crippen LogP contribution is 2.71. The molecule has 0 amide bonds. The Hall–Kier alpha value is -0.150. The zero-order chi connectivity index (χ0) is 24.2. The zero-order valence-corrected chi connectivity index (χ0v) is 22.9. The average molecular weight is 481 g/mol. The lowest BCUT2D eigenvalue weighted by Gasteiger charge is -2.60. The third kappa shape index (κ3) is 4.56. The fourth-order valence-electron chi connectivity index (χ4n) is 9.17. The molecule has 0 saturated heterocycles. The monoisotopic (exact) mass is 480 g/mol. The summed E-state index contributed by atoms with van der Waals surface area (Å²) in [6, 6.07) is 0. The van der Waals surface area contributed by atoms with Crippen LogP contribution in [-0.2, 0) is 9.09 Å². The normalized spacial score (nSPS) is 44.1. The second kappa shape index (κ2) is 9.06. The molecular formula is C28H49O4P.